The summed E-state index contributed by atoms with van der Waals surface area (Å²) in [5.74, 6) is 0.772. The van der Waals surface area contributed by atoms with Gasteiger partial charge in [-0.1, -0.05) is 55.8 Å². The fourth-order valence-corrected chi connectivity index (χ4v) is 3.53. The van der Waals surface area contributed by atoms with Gasteiger partial charge in [-0.3, -0.25) is 4.99 Å². The average Bonchev–Trinajstić information content (AvgIpc) is 2.64. The number of nitrogens with two attached hydrogens (primary N) is 1. The van der Waals surface area contributed by atoms with Crippen LogP contribution in [0, 0.1) is 5.92 Å². The molecule has 0 aliphatic heterocycles. The van der Waals surface area contributed by atoms with Crippen LogP contribution in [0.3, 0.4) is 0 Å². The van der Waals surface area contributed by atoms with Crippen LogP contribution in [0.1, 0.15) is 44.1 Å². The molecule has 1 atom stereocenters. The van der Waals surface area contributed by atoms with Gasteiger partial charge < -0.3 is 20.6 Å². The Hall–Kier alpha value is -1.59. The van der Waals surface area contributed by atoms with Gasteiger partial charge in [0.25, 0.3) is 0 Å². The minimum atomic E-state index is -0.835. The number of ether oxygens (including phenoxy) is 1. The van der Waals surface area contributed by atoms with E-state index < -0.39 is 5.54 Å². The third kappa shape index (κ3) is 6.33. The van der Waals surface area contributed by atoms with Crippen LogP contribution in [0.15, 0.2) is 29.3 Å². The number of nitrogens with zero attached hydrogens (tertiary/aromatic N) is 1. The minimum Gasteiger partial charge on any atom is -0.374 e. The van der Waals surface area contributed by atoms with Gasteiger partial charge in [-0.25, -0.2) is 0 Å². The molecule has 1 fully saturated rings. The topological polar surface area (TPSA) is 76.7 Å². The van der Waals surface area contributed by atoms with Crippen LogP contribution in [0.25, 0.3) is 0 Å². The van der Waals surface area contributed by atoms with Crippen LogP contribution in [-0.2, 0) is 16.1 Å². The van der Waals surface area contributed by atoms with E-state index in [1.54, 1.807) is 7.05 Å². The standard InChI is InChI=1S/C19H28ClN3O2/c1-22-18(21)23-19(13-24,11-15-5-3-2-4-6-15)14-25-12-16-7-9-17(20)10-8-16/h7-10,13,15H,2-6,11-12,14H2,1H3,(H3,21,22,23). The Labute approximate surface area is 155 Å². The van der Waals surface area contributed by atoms with E-state index in [4.69, 9.17) is 22.1 Å². The average molecular weight is 366 g/mol. The van der Waals surface area contributed by atoms with Crippen molar-refractivity contribution in [3.8, 4) is 0 Å². The second kappa shape index (κ2) is 9.78. The summed E-state index contributed by atoms with van der Waals surface area (Å²) in [4.78, 5) is 15.9. The SMILES string of the molecule is CN=C(N)NC(C=O)(COCc1ccc(Cl)cc1)CC1CCCCC1. The number of hydrogen-bond acceptors (Lipinski definition) is 3. The zero-order valence-electron chi connectivity index (χ0n) is 14.8. The Morgan fingerprint density at radius 3 is 2.64 bits per heavy atom. The van der Waals surface area contributed by atoms with Crippen LogP contribution >= 0.6 is 11.6 Å². The van der Waals surface area contributed by atoms with Gasteiger partial charge in [0.2, 0.25) is 0 Å². The van der Waals surface area contributed by atoms with Crippen molar-refractivity contribution in [3.63, 3.8) is 0 Å². The largest absolute Gasteiger partial charge is 0.374 e. The van der Waals surface area contributed by atoms with Gasteiger partial charge >= 0.3 is 0 Å². The second-order valence-corrected chi connectivity index (χ2v) is 7.27. The van der Waals surface area contributed by atoms with Crippen molar-refractivity contribution in [2.45, 2.75) is 50.7 Å². The highest BCUT2D eigenvalue weighted by atomic mass is 35.5. The molecule has 3 N–H and O–H groups in total. The van der Waals surface area contributed by atoms with Crippen molar-refractivity contribution in [1.82, 2.24) is 5.32 Å². The summed E-state index contributed by atoms with van der Waals surface area (Å²) in [6.45, 7) is 0.675. The molecule has 1 saturated carbocycles. The fraction of sp³-hybridized carbons (Fsp3) is 0.579. The van der Waals surface area contributed by atoms with Gasteiger partial charge in [-0.05, 0) is 30.0 Å². The normalized spacial score (nSPS) is 18.6. The number of halogens is 1. The molecule has 1 aliphatic carbocycles. The van der Waals surface area contributed by atoms with Crippen molar-refractivity contribution in [1.29, 1.82) is 0 Å². The van der Waals surface area contributed by atoms with E-state index >= 15 is 0 Å². The summed E-state index contributed by atoms with van der Waals surface area (Å²) in [7, 11) is 1.60. The molecule has 0 amide bonds. The quantitative estimate of drug-likeness (QED) is 0.421. The first-order chi connectivity index (χ1) is 12.1. The summed E-state index contributed by atoms with van der Waals surface area (Å²) in [5, 5.41) is 3.78. The number of hydrogen-bond donors (Lipinski definition) is 2. The van der Waals surface area contributed by atoms with Crippen molar-refractivity contribution >= 4 is 23.8 Å². The molecular formula is C19H28ClN3O2. The number of guanidine groups is 1. The van der Waals surface area contributed by atoms with Crippen LogP contribution in [0.4, 0.5) is 0 Å². The van der Waals surface area contributed by atoms with E-state index in [1.165, 1.54) is 19.3 Å². The molecule has 1 aromatic carbocycles. The van der Waals surface area contributed by atoms with Gasteiger partial charge in [-0.2, -0.15) is 0 Å². The lowest BCUT2D eigenvalue weighted by atomic mass is 9.80. The summed E-state index contributed by atoms with van der Waals surface area (Å²) in [5.41, 5.74) is 6.03. The van der Waals surface area contributed by atoms with E-state index in [2.05, 4.69) is 10.3 Å². The molecule has 0 radical (unpaired) electrons. The van der Waals surface area contributed by atoms with Gasteiger partial charge in [0.1, 0.15) is 11.8 Å². The molecule has 6 heteroatoms. The maximum atomic E-state index is 12.0. The molecule has 0 aromatic heterocycles. The predicted octanol–water partition coefficient (Wildman–Crippen LogP) is 3.30. The summed E-state index contributed by atoms with van der Waals surface area (Å²) >= 11 is 5.90. The lowest BCUT2D eigenvalue weighted by molar-refractivity contribution is -0.116. The van der Waals surface area contributed by atoms with Gasteiger partial charge in [0, 0.05) is 12.1 Å². The molecule has 0 saturated heterocycles. The molecule has 1 aromatic rings. The highest BCUT2D eigenvalue weighted by Gasteiger charge is 2.34. The molecule has 0 spiro atoms. The summed E-state index contributed by atoms with van der Waals surface area (Å²) < 4.78 is 5.86. The van der Waals surface area contributed by atoms with E-state index in [0.717, 1.165) is 24.7 Å². The van der Waals surface area contributed by atoms with Gasteiger partial charge in [0.05, 0.1) is 13.2 Å². The first kappa shape index (κ1) is 19.7. The van der Waals surface area contributed by atoms with Crippen molar-refractivity contribution in [2.24, 2.45) is 16.6 Å². The Kier molecular flexibility index (Phi) is 7.72. The van der Waals surface area contributed by atoms with E-state index in [0.29, 0.717) is 24.0 Å². The molecule has 138 valence electrons. The molecule has 2 rings (SSSR count). The minimum absolute atomic E-state index is 0.256. The highest BCUT2D eigenvalue weighted by molar-refractivity contribution is 6.30. The van der Waals surface area contributed by atoms with Crippen LogP contribution < -0.4 is 11.1 Å². The van der Waals surface area contributed by atoms with E-state index in [9.17, 15) is 4.79 Å². The Morgan fingerprint density at radius 1 is 1.36 bits per heavy atom. The number of rotatable bonds is 8. The van der Waals surface area contributed by atoms with Gasteiger partial charge in [0.15, 0.2) is 5.96 Å². The van der Waals surface area contributed by atoms with Crippen molar-refractivity contribution < 1.29 is 9.53 Å². The van der Waals surface area contributed by atoms with Crippen molar-refractivity contribution in [3.05, 3.63) is 34.9 Å². The number of carbonyl (C=O) groups is 1. The number of benzene rings is 1. The van der Waals surface area contributed by atoms with Crippen LogP contribution in [0.2, 0.25) is 5.02 Å². The third-order valence-electron chi connectivity index (χ3n) is 4.76. The highest BCUT2D eigenvalue weighted by Crippen LogP contribution is 2.30. The summed E-state index contributed by atoms with van der Waals surface area (Å²) in [6, 6.07) is 7.49. The number of aldehydes is 1. The lowest BCUT2D eigenvalue weighted by Gasteiger charge is -2.34. The smallest absolute Gasteiger partial charge is 0.189 e. The maximum absolute atomic E-state index is 12.0. The van der Waals surface area contributed by atoms with Crippen LogP contribution in [0.5, 0.6) is 0 Å². The zero-order valence-corrected chi connectivity index (χ0v) is 15.6. The zero-order chi connectivity index (χ0) is 18.1. The Balaban J connectivity index is 2.00. The van der Waals surface area contributed by atoms with Crippen LogP contribution in [-0.4, -0.2) is 31.4 Å². The molecular weight excluding hydrogens is 338 g/mol. The number of nitrogens with one attached hydrogen (secondary N) is 1. The van der Waals surface area contributed by atoms with Crippen molar-refractivity contribution in [2.75, 3.05) is 13.7 Å². The summed E-state index contributed by atoms with van der Waals surface area (Å²) in [6.07, 6.45) is 7.68. The fourth-order valence-electron chi connectivity index (χ4n) is 3.41. The number of carbonyl (C=O) groups excluding carboxylic acids is 1. The Morgan fingerprint density at radius 2 is 2.04 bits per heavy atom. The van der Waals surface area contributed by atoms with E-state index in [1.807, 2.05) is 24.3 Å². The lowest BCUT2D eigenvalue weighted by Crippen LogP contribution is -2.56. The molecule has 25 heavy (non-hydrogen) atoms. The first-order valence-corrected chi connectivity index (χ1v) is 9.23. The third-order valence-corrected chi connectivity index (χ3v) is 5.01. The molecule has 0 bridgehead atoms. The first-order valence-electron chi connectivity index (χ1n) is 8.86. The molecule has 1 unspecified atom stereocenters. The maximum Gasteiger partial charge on any atom is 0.189 e. The van der Waals surface area contributed by atoms with Gasteiger partial charge in [-0.15, -0.1) is 0 Å². The molecule has 5 nitrogen and oxygen atoms in total. The van der Waals surface area contributed by atoms with E-state index in [-0.39, 0.29) is 12.6 Å². The Bertz CT molecular complexity index is 571. The molecule has 1 aliphatic rings. The second-order valence-electron chi connectivity index (χ2n) is 6.84. The number of aliphatic imine (C=N–C) groups is 1. The predicted molar refractivity (Wildman–Crippen MR) is 102 cm³/mol. The molecule has 0 heterocycles. The monoisotopic (exact) mass is 365 g/mol.